The molecule has 5 nitrogen and oxygen atoms in total. The molecular formula is C15H22N2O3S. The summed E-state index contributed by atoms with van der Waals surface area (Å²) in [4.78, 5) is 25.1. The maximum atomic E-state index is 12.2. The largest absolute Gasteiger partial charge is 0.391 e. The third-order valence-corrected chi connectivity index (χ3v) is 4.73. The predicted octanol–water partition coefficient (Wildman–Crippen LogP) is 1.24. The van der Waals surface area contributed by atoms with Crippen LogP contribution >= 0.6 is 11.3 Å². The molecule has 0 radical (unpaired) electrons. The molecule has 0 saturated heterocycles. The smallest absolute Gasteiger partial charge is 0.245 e. The summed E-state index contributed by atoms with van der Waals surface area (Å²) in [5.41, 5.74) is 0. The zero-order valence-electron chi connectivity index (χ0n) is 12.3. The summed E-state index contributed by atoms with van der Waals surface area (Å²) in [5, 5.41) is 17.2. The zero-order chi connectivity index (χ0) is 15.4. The highest BCUT2D eigenvalue weighted by atomic mass is 32.1. The number of hydrogen-bond acceptors (Lipinski definition) is 4. The van der Waals surface area contributed by atoms with E-state index in [9.17, 15) is 14.7 Å². The van der Waals surface area contributed by atoms with E-state index in [0.717, 1.165) is 12.8 Å². The molecule has 1 aromatic heterocycles. The van der Waals surface area contributed by atoms with Gasteiger partial charge in [0.15, 0.2) is 0 Å². The van der Waals surface area contributed by atoms with Crippen LogP contribution in [0.1, 0.15) is 37.5 Å². The lowest BCUT2D eigenvalue weighted by Crippen LogP contribution is -2.53. The fourth-order valence-corrected chi connectivity index (χ4v) is 2.84. The Kier molecular flexibility index (Phi) is 5.36. The molecule has 21 heavy (non-hydrogen) atoms. The van der Waals surface area contributed by atoms with Gasteiger partial charge >= 0.3 is 0 Å². The lowest BCUT2D eigenvalue weighted by molar-refractivity contribution is -0.132. The zero-order valence-corrected chi connectivity index (χ0v) is 13.2. The molecule has 3 atom stereocenters. The quantitative estimate of drug-likeness (QED) is 0.709. The molecule has 1 aromatic rings. The molecule has 0 aliphatic heterocycles. The molecule has 0 bridgehead atoms. The molecule has 1 fully saturated rings. The van der Waals surface area contributed by atoms with Gasteiger partial charge in [-0.1, -0.05) is 13.0 Å². The Hall–Kier alpha value is -1.40. The van der Waals surface area contributed by atoms with Crippen molar-refractivity contribution in [1.82, 2.24) is 10.6 Å². The lowest BCUT2D eigenvalue weighted by atomic mass is 10.1. The molecule has 1 heterocycles. The average Bonchev–Trinajstić information content (AvgIpc) is 3.16. The van der Waals surface area contributed by atoms with Crippen molar-refractivity contribution in [2.75, 3.05) is 6.54 Å². The number of rotatable bonds is 7. The molecule has 2 amide bonds. The highest BCUT2D eigenvalue weighted by molar-refractivity contribution is 7.10. The molecule has 116 valence electrons. The average molecular weight is 310 g/mol. The summed E-state index contributed by atoms with van der Waals surface area (Å²) in [6.07, 6.45) is 0.829. The monoisotopic (exact) mass is 310 g/mol. The van der Waals surface area contributed by atoms with E-state index in [2.05, 4.69) is 10.6 Å². The van der Waals surface area contributed by atoms with E-state index < -0.39 is 12.1 Å². The van der Waals surface area contributed by atoms with E-state index in [1.165, 1.54) is 11.8 Å². The van der Waals surface area contributed by atoms with E-state index in [-0.39, 0.29) is 23.7 Å². The number of nitrogens with one attached hydrogen (secondary N) is 2. The second kappa shape index (κ2) is 7.04. The first-order chi connectivity index (χ1) is 9.99. The lowest BCUT2D eigenvalue weighted by Gasteiger charge is -2.22. The first-order valence-electron chi connectivity index (χ1n) is 7.28. The van der Waals surface area contributed by atoms with Crippen LogP contribution in [0.3, 0.4) is 0 Å². The topological polar surface area (TPSA) is 78.4 Å². The van der Waals surface area contributed by atoms with Crippen molar-refractivity contribution < 1.29 is 14.7 Å². The van der Waals surface area contributed by atoms with Crippen LogP contribution in [0, 0.1) is 5.92 Å². The van der Waals surface area contributed by atoms with Gasteiger partial charge in [0.05, 0.1) is 6.10 Å². The summed E-state index contributed by atoms with van der Waals surface area (Å²) in [7, 11) is 0. The third kappa shape index (κ3) is 4.54. The molecule has 1 aliphatic rings. The first-order valence-corrected chi connectivity index (χ1v) is 8.16. The van der Waals surface area contributed by atoms with E-state index in [1.54, 1.807) is 11.3 Å². The molecular weight excluding hydrogens is 288 g/mol. The van der Waals surface area contributed by atoms with Gasteiger partial charge in [-0.15, -0.1) is 11.3 Å². The Morgan fingerprint density at radius 2 is 2.14 bits per heavy atom. The highest BCUT2D eigenvalue weighted by Crippen LogP contribution is 2.29. The van der Waals surface area contributed by atoms with Crippen LogP contribution in [0.25, 0.3) is 0 Å². The predicted molar refractivity (Wildman–Crippen MR) is 82.1 cm³/mol. The van der Waals surface area contributed by atoms with Crippen LogP contribution < -0.4 is 10.6 Å². The van der Waals surface area contributed by atoms with Crippen LogP contribution in [0.15, 0.2) is 17.5 Å². The summed E-state index contributed by atoms with van der Waals surface area (Å²) in [6, 6.07) is 3.13. The minimum Gasteiger partial charge on any atom is -0.391 e. The minimum absolute atomic E-state index is 0.0177. The van der Waals surface area contributed by atoms with Crippen molar-refractivity contribution >= 4 is 23.2 Å². The van der Waals surface area contributed by atoms with Crippen LogP contribution in [-0.2, 0) is 9.59 Å². The molecule has 3 N–H and O–H groups in total. The molecule has 0 aromatic carbocycles. The van der Waals surface area contributed by atoms with E-state index in [1.807, 2.05) is 24.4 Å². The van der Waals surface area contributed by atoms with Crippen molar-refractivity contribution in [3.8, 4) is 0 Å². The summed E-state index contributed by atoms with van der Waals surface area (Å²) < 4.78 is 0. The Morgan fingerprint density at radius 1 is 1.43 bits per heavy atom. The van der Waals surface area contributed by atoms with Crippen molar-refractivity contribution in [2.24, 2.45) is 5.92 Å². The number of hydrogen-bond donors (Lipinski definition) is 3. The fourth-order valence-electron chi connectivity index (χ4n) is 2.06. The number of carbonyl (C=O) groups excluding carboxylic acids is 2. The van der Waals surface area contributed by atoms with Crippen LogP contribution in [-0.4, -0.2) is 35.6 Å². The van der Waals surface area contributed by atoms with Gasteiger partial charge in [-0.25, -0.2) is 0 Å². The molecule has 1 aliphatic carbocycles. The number of thiophene rings is 1. The van der Waals surface area contributed by atoms with Crippen molar-refractivity contribution in [1.29, 1.82) is 0 Å². The molecule has 0 spiro atoms. The number of carbonyl (C=O) groups is 2. The number of amides is 2. The summed E-state index contributed by atoms with van der Waals surface area (Å²) in [6.45, 7) is 4.04. The Morgan fingerprint density at radius 3 is 2.67 bits per heavy atom. The van der Waals surface area contributed by atoms with E-state index in [0.29, 0.717) is 6.54 Å². The van der Waals surface area contributed by atoms with Gasteiger partial charge in [-0.2, -0.15) is 0 Å². The van der Waals surface area contributed by atoms with E-state index in [4.69, 9.17) is 0 Å². The maximum absolute atomic E-state index is 12.2. The normalized spacial score (nSPS) is 18.6. The van der Waals surface area contributed by atoms with Gasteiger partial charge in [0.2, 0.25) is 11.8 Å². The van der Waals surface area contributed by atoms with E-state index >= 15 is 0 Å². The van der Waals surface area contributed by atoms with Crippen LogP contribution in [0.2, 0.25) is 0 Å². The summed E-state index contributed by atoms with van der Waals surface area (Å²) in [5.74, 6) is -0.239. The third-order valence-electron chi connectivity index (χ3n) is 3.62. The molecule has 3 unspecified atom stereocenters. The number of aliphatic hydroxyl groups is 1. The maximum Gasteiger partial charge on any atom is 0.245 e. The van der Waals surface area contributed by atoms with Gasteiger partial charge in [0, 0.05) is 23.3 Å². The van der Waals surface area contributed by atoms with Crippen molar-refractivity contribution in [2.45, 2.75) is 44.8 Å². The highest BCUT2D eigenvalue weighted by Gasteiger charge is 2.34. The molecule has 1 saturated carbocycles. The Bertz CT molecular complexity index is 483. The molecule has 6 heteroatoms. The van der Waals surface area contributed by atoms with Gasteiger partial charge < -0.3 is 15.7 Å². The van der Waals surface area contributed by atoms with Gasteiger partial charge in [0.1, 0.15) is 6.04 Å². The second-order valence-electron chi connectivity index (χ2n) is 5.66. The summed E-state index contributed by atoms with van der Waals surface area (Å²) >= 11 is 1.65. The van der Waals surface area contributed by atoms with Crippen molar-refractivity contribution in [3.05, 3.63) is 22.4 Å². The first kappa shape index (κ1) is 16.0. The second-order valence-corrected chi connectivity index (χ2v) is 6.64. The standard InChI is InChI=1S/C15H22N2O3S/c1-9(12-4-3-7-21-12)8-16-15(20)13(10(2)18)17-14(19)11-5-6-11/h3-4,7,9-11,13,18H,5-6,8H2,1-2H3,(H,16,20)(H,17,19). The van der Waals surface area contributed by atoms with Crippen LogP contribution in [0.5, 0.6) is 0 Å². The number of aliphatic hydroxyl groups excluding tert-OH is 1. The SMILES string of the molecule is CC(CNC(=O)C(NC(=O)C1CC1)C(C)O)c1cccs1. The van der Waals surface area contributed by atoms with Gasteiger partial charge in [0.25, 0.3) is 0 Å². The minimum atomic E-state index is -0.912. The van der Waals surface area contributed by atoms with Gasteiger partial charge in [-0.3, -0.25) is 9.59 Å². The Balaban J connectivity index is 1.84. The molecule has 2 rings (SSSR count). The van der Waals surface area contributed by atoms with Crippen LogP contribution in [0.4, 0.5) is 0 Å². The Labute approximate surface area is 128 Å². The fraction of sp³-hybridized carbons (Fsp3) is 0.600. The van der Waals surface area contributed by atoms with Crippen molar-refractivity contribution in [3.63, 3.8) is 0 Å². The van der Waals surface area contributed by atoms with Gasteiger partial charge in [-0.05, 0) is 31.2 Å².